The average molecular weight is 391 g/mol. The van der Waals surface area contributed by atoms with Crippen LogP contribution in [0, 0.1) is 6.92 Å². The highest BCUT2D eigenvalue weighted by atomic mass is 35.5. The average Bonchev–Trinajstić information content (AvgIpc) is 3.16. The molecule has 0 radical (unpaired) electrons. The SMILES string of the molecule is Cc1nn(Cc2ccccc2Cl)c2sc(C(=O)NCC(=O)N(C)C)cc12. The third-order valence-corrected chi connectivity index (χ3v) is 5.52. The Hall–Kier alpha value is -2.38. The van der Waals surface area contributed by atoms with Crippen molar-refractivity contribution in [2.75, 3.05) is 20.6 Å². The second-order valence-electron chi connectivity index (χ2n) is 6.13. The molecule has 0 aliphatic heterocycles. The van der Waals surface area contributed by atoms with Crippen molar-refractivity contribution in [3.63, 3.8) is 0 Å². The summed E-state index contributed by atoms with van der Waals surface area (Å²) in [5.41, 5.74) is 1.82. The standard InChI is InChI=1S/C18H19ClN4O2S/c1-11-13-8-15(17(25)20-9-16(24)22(2)3)26-18(13)23(21-11)10-12-6-4-5-7-14(12)19/h4-8H,9-10H2,1-3H3,(H,20,25). The van der Waals surface area contributed by atoms with Gasteiger partial charge in [0.25, 0.3) is 5.91 Å². The van der Waals surface area contributed by atoms with Gasteiger partial charge in [0.1, 0.15) is 4.83 Å². The number of nitrogens with zero attached hydrogens (tertiary/aromatic N) is 3. The quantitative estimate of drug-likeness (QED) is 0.728. The number of benzene rings is 1. The second-order valence-corrected chi connectivity index (χ2v) is 7.57. The molecule has 3 rings (SSSR count). The predicted molar refractivity (Wildman–Crippen MR) is 104 cm³/mol. The number of thiophene rings is 1. The van der Waals surface area contributed by atoms with Crippen LogP contribution in [-0.4, -0.2) is 47.1 Å². The van der Waals surface area contributed by atoms with Crippen LogP contribution in [0.3, 0.4) is 0 Å². The number of aryl methyl sites for hydroxylation is 1. The van der Waals surface area contributed by atoms with Gasteiger partial charge in [-0.15, -0.1) is 11.3 Å². The summed E-state index contributed by atoms with van der Waals surface area (Å²) in [6.45, 7) is 2.42. The van der Waals surface area contributed by atoms with E-state index in [1.165, 1.54) is 16.2 Å². The molecular formula is C18H19ClN4O2S. The van der Waals surface area contributed by atoms with Gasteiger partial charge in [0.2, 0.25) is 5.91 Å². The number of fused-ring (bicyclic) bond motifs is 1. The normalized spacial score (nSPS) is 10.9. The molecule has 0 saturated carbocycles. The Morgan fingerprint density at radius 1 is 1.31 bits per heavy atom. The second kappa shape index (κ2) is 7.47. The molecule has 136 valence electrons. The number of carbonyl (C=O) groups is 2. The molecular weight excluding hydrogens is 372 g/mol. The van der Waals surface area contributed by atoms with Gasteiger partial charge in [0.15, 0.2) is 0 Å². The first-order valence-electron chi connectivity index (χ1n) is 8.05. The van der Waals surface area contributed by atoms with E-state index in [4.69, 9.17) is 11.6 Å². The highest BCUT2D eigenvalue weighted by molar-refractivity contribution is 7.20. The maximum atomic E-state index is 12.4. The molecule has 2 heterocycles. The van der Waals surface area contributed by atoms with Gasteiger partial charge in [-0.1, -0.05) is 29.8 Å². The van der Waals surface area contributed by atoms with E-state index >= 15 is 0 Å². The van der Waals surface area contributed by atoms with Crippen LogP contribution in [0.25, 0.3) is 10.2 Å². The van der Waals surface area contributed by atoms with Gasteiger partial charge in [-0.3, -0.25) is 14.3 Å². The van der Waals surface area contributed by atoms with E-state index in [9.17, 15) is 9.59 Å². The summed E-state index contributed by atoms with van der Waals surface area (Å²) in [5, 5.41) is 8.84. The maximum absolute atomic E-state index is 12.4. The van der Waals surface area contributed by atoms with Crippen LogP contribution in [0.15, 0.2) is 30.3 Å². The van der Waals surface area contributed by atoms with E-state index in [2.05, 4.69) is 10.4 Å². The molecule has 0 spiro atoms. The fourth-order valence-corrected chi connectivity index (χ4v) is 3.79. The highest BCUT2D eigenvalue weighted by Crippen LogP contribution is 2.29. The lowest BCUT2D eigenvalue weighted by molar-refractivity contribution is -0.127. The molecule has 2 amide bonds. The number of aromatic nitrogens is 2. The lowest BCUT2D eigenvalue weighted by atomic mass is 10.2. The number of nitrogens with one attached hydrogen (secondary N) is 1. The number of hydrogen-bond donors (Lipinski definition) is 1. The number of hydrogen-bond acceptors (Lipinski definition) is 4. The van der Waals surface area contributed by atoms with Crippen LogP contribution in [0.5, 0.6) is 0 Å². The number of carbonyl (C=O) groups excluding carboxylic acids is 2. The summed E-state index contributed by atoms with van der Waals surface area (Å²) in [6.07, 6.45) is 0. The molecule has 0 fully saturated rings. The van der Waals surface area contributed by atoms with Gasteiger partial charge in [0, 0.05) is 24.5 Å². The first-order chi connectivity index (χ1) is 12.4. The van der Waals surface area contributed by atoms with Crippen LogP contribution in [-0.2, 0) is 11.3 Å². The van der Waals surface area contributed by atoms with E-state index < -0.39 is 0 Å². The zero-order chi connectivity index (χ0) is 18.8. The summed E-state index contributed by atoms with van der Waals surface area (Å²) < 4.78 is 1.86. The Morgan fingerprint density at radius 3 is 2.73 bits per heavy atom. The Bertz CT molecular complexity index is 977. The van der Waals surface area contributed by atoms with Crippen molar-refractivity contribution in [2.45, 2.75) is 13.5 Å². The van der Waals surface area contributed by atoms with Gasteiger partial charge in [-0.05, 0) is 24.6 Å². The first-order valence-corrected chi connectivity index (χ1v) is 9.25. The van der Waals surface area contributed by atoms with Crippen molar-refractivity contribution >= 4 is 45.0 Å². The van der Waals surface area contributed by atoms with Gasteiger partial charge < -0.3 is 10.2 Å². The smallest absolute Gasteiger partial charge is 0.261 e. The Balaban J connectivity index is 1.84. The van der Waals surface area contributed by atoms with E-state index in [0.29, 0.717) is 16.4 Å². The Morgan fingerprint density at radius 2 is 2.04 bits per heavy atom. The van der Waals surface area contributed by atoms with E-state index in [1.807, 2.05) is 41.9 Å². The number of rotatable bonds is 5. The summed E-state index contributed by atoms with van der Waals surface area (Å²) in [4.78, 5) is 26.9. The summed E-state index contributed by atoms with van der Waals surface area (Å²) in [5.74, 6) is -0.411. The number of halogens is 1. The van der Waals surface area contributed by atoms with Crippen LogP contribution in [0.2, 0.25) is 5.02 Å². The third kappa shape index (κ3) is 3.73. The van der Waals surface area contributed by atoms with Crippen LogP contribution in [0.4, 0.5) is 0 Å². The number of amides is 2. The fraction of sp³-hybridized carbons (Fsp3) is 0.278. The minimum Gasteiger partial charge on any atom is -0.347 e. The van der Waals surface area contributed by atoms with Crippen molar-refractivity contribution in [3.8, 4) is 0 Å². The molecule has 0 bridgehead atoms. The summed E-state index contributed by atoms with van der Waals surface area (Å²) in [6, 6.07) is 9.45. The fourth-order valence-electron chi connectivity index (χ4n) is 2.52. The van der Waals surface area contributed by atoms with E-state index in [-0.39, 0.29) is 18.4 Å². The molecule has 3 aromatic rings. The zero-order valence-electron chi connectivity index (χ0n) is 14.7. The predicted octanol–water partition coefficient (Wildman–Crippen LogP) is 2.93. The van der Waals surface area contributed by atoms with E-state index in [0.717, 1.165) is 21.5 Å². The molecule has 26 heavy (non-hydrogen) atoms. The van der Waals surface area contributed by atoms with E-state index in [1.54, 1.807) is 14.1 Å². The van der Waals surface area contributed by atoms with Crippen molar-refractivity contribution in [1.29, 1.82) is 0 Å². The molecule has 2 aromatic heterocycles. The third-order valence-electron chi connectivity index (χ3n) is 4.01. The topological polar surface area (TPSA) is 67.2 Å². The minimum absolute atomic E-state index is 0.0230. The lowest BCUT2D eigenvalue weighted by Gasteiger charge is -2.10. The van der Waals surface area contributed by atoms with Gasteiger partial charge in [-0.25, -0.2) is 0 Å². The molecule has 0 aliphatic rings. The van der Waals surface area contributed by atoms with Crippen molar-refractivity contribution < 1.29 is 9.59 Å². The van der Waals surface area contributed by atoms with Gasteiger partial charge in [-0.2, -0.15) is 5.10 Å². The molecule has 0 atom stereocenters. The summed E-state index contributed by atoms with van der Waals surface area (Å²) >= 11 is 7.60. The monoisotopic (exact) mass is 390 g/mol. The first kappa shape index (κ1) is 18.4. The molecule has 6 nitrogen and oxygen atoms in total. The van der Waals surface area contributed by atoms with Gasteiger partial charge in [0.05, 0.1) is 23.7 Å². The van der Waals surface area contributed by atoms with Crippen molar-refractivity contribution in [2.24, 2.45) is 0 Å². The maximum Gasteiger partial charge on any atom is 0.261 e. The summed E-state index contributed by atoms with van der Waals surface area (Å²) in [7, 11) is 3.31. The number of likely N-dealkylation sites (N-methyl/N-ethyl adjacent to an activating group) is 1. The van der Waals surface area contributed by atoms with Crippen LogP contribution >= 0.6 is 22.9 Å². The molecule has 8 heteroatoms. The van der Waals surface area contributed by atoms with Crippen molar-refractivity contribution in [3.05, 3.63) is 51.5 Å². The molecule has 1 N–H and O–H groups in total. The van der Waals surface area contributed by atoms with Gasteiger partial charge >= 0.3 is 0 Å². The molecule has 0 aliphatic carbocycles. The molecule has 1 aromatic carbocycles. The highest BCUT2D eigenvalue weighted by Gasteiger charge is 2.17. The largest absolute Gasteiger partial charge is 0.347 e. The Labute approximate surface area is 160 Å². The molecule has 0 unspecified atom stereocenters. The minimum atomic E-state index is -0.259. The van der Waals surface area contributed by atoms with Crippen molar-refractivity contribution in [1.82, 2.24) is 20.0 Å². The molecule has 0 saturated heterocycles. The lowest BCUT2D eigenvalue weighted by Crippen LogP contribution is -2.35. The van der Waals surface area contributed by atoms with Crippen LogP contribution < -0.4 is 5.32 Å². The Kier molecular flexibility index (Phi) is 5.29. The van der Waals surface area contributed by atoms with Crippen LogP contribution in [0.1, 0.15) is 20.9 Å². The zero-order valence-corrected chi connectivity index (χ0v) is 16.3.